The first-order valence-electron chi connectivity index (χ1n) is 4.53. The second-order valence-electron chi connectivity index (χ2n) is 3.93. The zero-order chi connectivity index (χ0) is 11.6. The molecule has 5 heteroatoms. The van der Waals surface area contributed by atoms with Gasteiger partial charge in [-0.05, 0) is 48.3 Å². The van der Waals surface area contributed by atoms with E-state index in [9.17, 15) is 4.79 Å². The minimum Gasteiger partial charge on any atom is -0.368 e. The van der Waals surface area contributed by atoms with Crippen LogP contribution in [0.4, 0.5) is 5.82 Å². The fraction of sp³-hybridized carbons (Fsp3) is 0.400. The number of nitrogens with zero attached hydrogens (tertiary/aromatic N) is 1. The number of aromatic nitrogens is 1. The van der Waals surface area contributed by atoms with Gasteiger partial charge >= 0.3 is 0 Å². The highest BCUT2D eigenvalue weighted by atomic mass is 79.9. The predicted octanol–water partition coefficient (Wildman–Crippen LogP) is 1.83. The molecule has 0 aliphatic rings. The van der Waals surface area contributed by atoms with Crippen molar-refractivity contribution >= 4 is 27.7 Å². The zero-order valence-electron chi connectivity index (χ0n) is 8.97. The number of amides is 1. The molecule has 0 saturated carbocycles. The molecule has 0 aromatic carbocycles. The van der Waals surface area contributed by atoms with E-state index in [1.165, 1.54) is 0 Å². The van der Waals surface area contributed by atoms with Gasteiger partial charge in [-0.15, -0.1) is 0 Å². The van der Waals surface area contributed by atoms with E-state index in [-0.39, 0.29) is 0 Å². The van der Waals surface area contributed by atoms with E-state index in [2.05, 4.69) is 26.2 Å². The molecule has 82 valence electrons. The van der Waals surface area contributed by atoms with Crippen LogP contribution in [-0.4, -0.2) is 16.4 Å². The normalized spacial score (nSPS) is 11.2. The molecular formula is C10H14BrN3O. The standard InChI is InChI=1S/C10H14BrN3O/c1-6-4-7(11)5-13-8(6)14-10(2,3)9(12)15/h4-5H,1-3H3,(H2,12,15)(H,13,14). The molecule has 0 aliphatic carbocycles. The maximum Gasteiger partial charge on any atom is 0.242 e. The molecule has 0 aliphatic heterocycles. The van der Waals surface area contributed by atoms with Gasteiger partial charge in [-0.2, -0.15) is 0 Å². The van der Waals surface area contributed by atoms with E-state index in [1.807, 2.05) is 13.0 Å². The quantitative estimate of drug-likeness (QED) is 0.882. The van der Waals surface area contributed by atoms with Gasteiger partial charge < -0.3 is 11.1 Å². The summed E-state index contributed by atoms with van der Waals surface area (Å²) in [6, 6.07) is 1.92. The lowest BCUT2D eigenvalue weighted by Gasteiger charge is -2.23. The number of hydrogen-bond donors (Lipinski definition) is 2. The summed E-state index contributed by atoms with van der Waals surface area (Å²) in [6.45, 7) is 5.36. The van der Waals surface area contributed by atoms with Crippen molar-refractivity contribution in [2.24, 2.45) is 5.73 Å². The Kier molecular flexibility index (Phi) is 3.34. The third-order valence-electron chi connectivity index (χ3n) is 2.09. The molecule has 1 amide bonds. The molecule has 1 aromatic heterocycles. The first-order valence-corrected chi connectivity index (χ1v) is 5.32. The number of aryl methyl sites for hydroxylation is 1. The van der Waals surface area contributed by atoms with Crippen LogP contribution in [-0.2, 0) is 4.79 Å². The number of primary amides is 1. The van der Waals surface area contributed by atoms with Gasteiger partial charge in [0.2, 0.25) is 5.91 Å². The summed E-state index contributed by atoms with van der Waals surface area (Å²) in [5.74, 6) is 0.258. The summed E-state index contributed by atoms with van der Waals surface area (Å²) in [5, 5.41) is 3.01. The number of rotatable bonds is 3. The first kappa shape index (κ1) is 12.0. The van der Waals surface area contributed by atoms with Gasteiger partial charge in [0.15, 0.2) is 0 Å². The van der Waals surface area contributed by atoms with Crippen molar-refractivity contribution < 1.29 is 4.79 Å². The van der Waals surface area contributed by atoms with Crippen LogP contribution in [0, 0.1) is 6.92 Å². The van der Waals surface area contributed by atoms with E-state index >= 15 is 0 Å². The number of hydrogen-bond acceptors (Lipinski definition) is 3. The second kappa shape index (κ2) is 4.18. The third kappa shape index (κ3) is 2.92. The van der Waals surface area contributed by atoms with Crippen molar-refractivity contribution in [2.45, 2.75) is 26.3 Å². The third-order valence-corrected chi connectivity index (χ3v) is 2.53. The summed E-state index contributed by atoms with van der Waals surface area (Å²) in [5.41, 5.74) is 5.42. The van der Waals surface area contributed by atoms with Gasteiger partial charge in [-0.1, -0.05) is 0 Å². The second-order valence-corrected chi connectivity index (χ2v) is 4.85. The smallest absolute Gasteiger partial charge is 0.242 e. The van der Waals surface area contributed by atoms with Crippen molar-refractivity contribution in [3.05, 3.63) is 22.3 Å². The van der Waals surface area contributed by atoms with Crippen LogP contribution in [0.1, 0.15) is 19.4 Å². The van der Waals surface area contributed by atoms with Crippen molar-refractivity contribution in [1.29, 1.82) is 0 Å². The van der Waals surface area contributed by atoms with Crippen LogP contribution in [0.2, 0.25) is 0 Å². The summed E-state index contributed by atoms with van der Waals surface area (Å²) in [4.78, 5) is 15.3. The lowest BCUT2D eigenvalue weighted by molar-refractivity contribution is -0.121. The molecule has 15 heavy (non-hydrogen) atoms. The van der Waals surface area contributed by atoms with Gasteiger partial charge in [0.05, 0.1) is 0 Å². The van der Waals surface area contributed by atoms with Crippen LogP contribution in [0.15, 0.2) is 16.7 Å². The highest BCUT2D eigenvalue weighted by Crippen LogP contribution is 2.20. The Bertz CT molecular complexity index is 390. The monoisotopic (exact) mass is 271 g/mol. The molecule has 1 aromatic rings. The van der Waals surface area contributed by atoms with E-state index < -0.39 is 11.4 Å². The SMILES string of the molecule is Cc1cc(Br)cnc1NC(C)(C)C(N)=O. The minimum absolute atomic E-state index is 0.411. The van der Waals surface area contributed by atoms with E-state index in [4.69, 9.17) is 5.73 Å². The highest BCUT2D eigenvalue weighted by molar-refractivity contribution is 9.10. The maximum absolute atomic E-state index is 11.1. The predicted molar refractivity (Wildman–Crippen MR) is 63.6 cm³/mol. The summed E-state index contributed by atoms with van der Waals surface area (Å²) in [7, 11) is 0. The largest absolute Gasteiger partial charge is 0.368 e. The molecule has 0 spiro atoms. The number of carbonyl (C=O) groups excluding carboxylic acids is 1. The van der Waals surface area contributed by atoms with Crippen LogP contribution in [0.5, 0.6) is 0 Å². The molecule has 0 bridgehead atoms. The van der Waals surface area contributed by atoms with E-state index in [0.29, 0.717) is 5.82 Å². The van der Waals surface area contributed by atoms with Crippen LogP contribution >= 0.6 is 15.9 Å². The average molecular weight is 272 g/mol. The number of nitrogens with one attached hydrogen (secondary N) is 1. The summed E-state index contributed by atoms with van der Waals surface area (Å²) < 4.78 is 0.905. The Morgan fingerprint density at radius 3 is 2.67 bits per heavy atom. The number of nitrogens with two attached hydrogens (primary N) is 1. The summed E-state index contributed by atoms with van der Waals surface area (Å²) in [6.07, 6.45) is 1.67. The van der Waals surface area contributed by atoms with Crippen molar-refractivity contribution in [1.82, 2.24) is 4.98 Å². The Morgan fingerprint density at radius 2 is 2.20 bits per heavy atom. The van der Waals surface area contributed by atoms with Gasteiger partial charge in [0.25, 0.3) is 0 Å². The minimum atomic E-state index is -0.800. The van der Waals surface area contributed by atoms with Crippen LogP contribution < -0.4 is 11.1 Å². The average Bonchev–Trinajstić information content (AvgIpc) is 2.09. The van der Waals surface area contributed by atoms with Crippen molar-refractivity contribution in [3.63, 3.8) is 0 Å². The maximum atomic E-state index is 11.1. The van der Waals surface area contributed by atoms with Gasteiger partial charge in [-0.3, -0.25) is 4.79 Å². The molecule has 0 saturated heterocycles. The molecule has 4 nitrogen and oxygen atoms in total. The molecule has 0 atom stereocenters. The lowest BCUT2D eigenvalue weighted by atomic mass is 10.0. The topological polar surface area (TPSA) is 68.0 Å². The molecule has 0 fully saturated rings. The van der Waals surface area contributed by atoms with Crippen LogP contribution in [0.25, 0.3) is 0 Å². The Balaban J connectivity index is 2.95. The molecule has 1 heterocycles. The zero-order valence-corrected chi connectivity index (χ0v) is 10.6. The Labute approximate surface area is 97.4 Å². The number of carbonyl (C=O) groups is 1. The first-order chi connectivity index (χ1) is 6.83. The fourth-order valence-corrected chi connectivity index (χ4v) is 1.47. The molecule has 0 radical (unpaired) electrons. The highest BCUT2D eigenvalue weighted by Gasteiger charge is 2.25. The molecular weight excluding hydrogens is 258 g/mol. The van der Waals surface area contributed by atoms with Gasteiger partial charge in [0, 0.05) is 10.7 Å². The number of pyridine rings is 1. The Morgan fingerprint density at radius 1 is 1.60 bits per heavy atom. The number of halogens is 1. The van der Waals surface area contributed by atoms with E-state index in [1.54, 1.807) is 20.0 Å². The van der Waals surface area contributed by atoms with E-state index in [0.717, 1.165) is 10.0 Å². The lowest BCUT2D eigenvalue weighted by Crippen LogP contribution is -2.45. The summed E-state index contributed by atoms with van der Waals surface area (Å²) >= 11 is 3.32. The van der Waals surface area contributed by atoms with Crippen molar-refractivity contribution in [2.75, 3.05) is 5.32 Å². The Hall–Kier alpha value is -1.10. The number of anilines is 1. The van der Waals surface area contributed by atoms with Crippen molar-refractivity contribution in [3.8, 4) is 0 Å². The molecule has 1 rings (SSSR count). The van der Waals surface area contributed by atoms with Gasteiger partial charge in [0.1, 0.15) is 11.4 Å². The fourth-order valence-electron chi connectivity index (χ4n) is 1.03. The van der Waals surface area contributed by atoms with Crippen LogP contribution in [0.3, 0.4) is 0 Å². The molecule has 0 unspecified atom stereocenters. The van der Waals surface area contributed by atoms with Gasteiger partial charge in [-0.25, -0.2) is 4.98 Å². The molecule has 3 N–H and O–H groups in total.